The van der Waals surface area contributed by atoms with Gasteiger partial charge in [-0.05, 0) is 26.7 Å². The molecule has 1 heterocycles. The first-order valence-corrected chi connectivity index (χ1v) is 4.80. The first-order chi connectivity index (χ1) is 5.29. The van der Waals surface area contributed by atoms with E-state index in [0.717, 1.165) is 0 Å². The third kappa shape index (κ3) is 3.73. The summed E-state index contributed by atoms with van der Waals surface area (Å²) in [4.78, 5) is 0. The highest BCUT2D eigenvalue weighted by Gasteiger charge is 2.08. The normalized spacial score (nSPS) is 22.1. The van der Waals surface area contributed by atoms with Crippen LogP contribution in [0.25, 0.3) is 0 Å². The van der Waals surface area contributed by atoms with Crippen LogP contribution in [0.3, 0.4) is 0 Å². The maximum absolute atomic E-state index is 3.46. The summed E-state index contributed by atoms with van der Waals surface area (Å²) in [5.74, 6) is 0. The van der Waals surface area contributed by atoms with Crippen LogP contribution in [0.5, 0.6) is 0 Å². The Hall–Kier alpha value is -0.0800. The molecular weight excluding hydrogens is 136 g/mol. The van der Waals surface area contributed by atoms with Gasteiger partial charge in [0.1, 0.15) is 0 Å². The second-order valence-corrected chi connectivity index (χ2v) is 3.69. The van der Waals surface area contributed by atoms with Crippen molar-refractivity contribution in [1.82, 2.24) is 10.4 Å². The lowest BCUT2D eigenvalue weighted by atomic mass is 10.2. The molecule has 11 heavy (non-hydrogen) atoms. The minimum Gasteiger partial charge on any atom is -0.253 e. The summed E-state index contributed by atoms with van der Waals surface area (Å²) in [6.45, 7) is 6.87. The monoisotopic (exact) mass is 156 g/mol. The van der Waals surface area contributed by atoms with Gasteiger partial charge in [0, 0.05) is 19.1 Å². The molecule has 1 aliphatic rings. The minimum absolute atomic E-state index is 0.591. The molecule has 0 saturated carbocycles. The lowest BCUT2D eigenvalue weighted by molar-refractivity contribution is 0.174. The molecule has 0 amide bonds. The van der Waals surface area contributed by atoms with Crippen molar-refractivity contribution in [2.24, 2.45) is 0 Å². The Bertz CT molecular complexity index is 93.7. The summed E-state index contributed by atoms with van der Waals surface area (Å²) < 4.78 is 0. The number of hydrazine groups is 1. The molecule has 1 fully saturated rings. The van der Waals surface area contributed by atoms with Crippen molar-refractivity contribution in [2.75, 3.05) is 13.1 Å². The number of rotatable bonds is 2. The van der Waals surface area contributed by atoms with Crippen LogP contribution in [0.4, 0.5) is 0 Å². The highest BCUT2D eigenvalue weighted by atomic mass is 15.5. The highest BCUT2D eigenvalue weighted by molar-refractivity contribution is 4.60. The lowest BCUT2D eigenvalue weighted by Crippen LogP contribution is -2.42. The Morgan fingerprint density at radius 2 is 1.55 bits per heavy atom. The molecule has 0 unspecified atom stereocenters. The van der Waals surface area contributed by atoms with E-state index in [0.29, 0.717) is 6.04 Å². The summed E-state index contributed by atoms with van der Waals surface area (Å²) in [7, 11) is 0. The van der Waals surface area contributed by atoms with Crippen LogP contribution in [-0.4, -0.2) is 24.1 Å². The molecule has 0 aliphatic carbocycles. The Kier molecular flexibility index (Phi) is 3.87. The van der Waals surface area contributed by atoms with Crippen molar-refractivity contribution in [3.8, 4) is 0 Å². The zero-order valence-corrected chi connectivity index (χ0v) is 7.77. The molecule has 0 aromatic carbocycles. The first-order valence-electron chi connectivity index (χ1n) is 4.80. The van der Waals surface area contributed by atoms with Crippen molar-refractivity contribution in [1.29, 1.82) is 0 Å². The van der Waals surface area contributed by atoms with Gasteiger partial charge < -0.3 is 0 Å². The Labute approximate surface area is 69.9 Å². The van der Waals surface area contributed by atoms with Crippen molar-refractivity contribution in [2.45, 2.75) is 45.6 Å². The topological polar surface area (TPSA) is 15.3 Å². The number of hydrogen-bond donors (Lipinski definition) is 1. The zero-order chi connectivity index (χ0) is 8.10. The predicted molar refractivity (Wildman–Crippen MR) is 48.3 cm³/mol. The standard InChI is InChI=1S/C9H20N2/c1-9(2)10-11-7-5-3-4-6-8-11/h9-10H,3-8H2,1-2H3. The van der Waals surface area contributed by atoms with Crippen LogP contribution in [0.1, 0.15) is 39.5 Å². The first kappa shape index (κ1) is 9.01. The zero-order valence-electron chi connectivity index (χ0n) is 7.77. The van der Waals surface area contributed by atoms with Crippen molar-refractivity contribution < 1.29 is 0 Å². The summed E-state index contributed by atoms with van der Waals surface area (Å²) in [5, 5.41) is 2.37. The predicted octanol–water partition coefficient (Wildman–Crippen LogP) is 1.78. The molecule has 0 aromatic rings. The Morgan fingerprint density at radius 3 is 2.00 bits per heavy atom. The summed E-state index contributed by atoms with van der Waals surface area (Å²) in [6, 6.07) is 0.591. The van der Waals surface area contributed by atoms with E-state index in [1.54, 1.807) is 0 Å². The minimum atomic E-state index is 0.591. The molecule has 1 saturated heterocycles. The van der Waals surface area contributed by atoms with E-state index < -0.39 is 0 Å². The molecular formula is C9H20N2. The van der Waals surface area contributed by atoms with Gasteiger partial charge in [0.15, 0.2) is 0 Å². The fourth-order valence-electron chi connectivity index (χ4n) is 1.56. The number of hydrogen-bond acceptors (Lipinski definition) is 2. The summed E-state index contributed by atoms with van der Waals surface area (Å²) in [6.07, 6.45) is 5.55. The van der Waals surface area contributed by atoms with E-state index in [1.165, 1.54) is 38.8 Å². The van der Waals surface area contributed by atoms with E-state index >= 15 is 0 Å². The molecule has 0 aromatic heterocycles. The third-order valence-electron chi connectivity index (χ3n) is 2.05. The number of nitrogens with zero attached hydrogens (tertiary/aromatic N) is 1. The van der Waals surface area contributed by atoms with Gasteiger partial charge >= 0.3 is 0 Å². The van der Waals surface area contributed by atoms with Crippen LogP contribution in [0.15, 0.2) is 0 Å². The van der Waals surface area contributed by atoms with Crippen molar-refractivity contribution in [3.63, 3.8) is 0 Å². The van der Waals surface area contributed by atoms with Crippen LogP contribution in [-0.2, 0) is 0 Å². The van der Waals surface area contributed by atoms with Crippen LogP contribution in [0.2, 0.25) is 0 Å². The molecule has 2 heteroatoms. The Balaban J connectivity index is 2.20. The van der Waals surface area contributed by atoms with E-state index in [-0.39, 0.29) is 0 Å². The molecule has 1 rings (SSSR count). The Morgan fingerprint density at radius 1 is 1.00 bits per heavy atom. The summed E-state index contributed by atoms with van der Waals surface area (Å²) in [5.41, 5.74) is 3.46. The van der Waals surface area contributed by atoms with Crippen LogP contribution in [0, 0.1) is 0 Å². The van der Waals surface area contributed by atoms with Gasteiger partial charge in [0.2, 0.25) is 0 Å². The van der Waals surface area contributed by atoms with Gasteiger partial charge in [-0.25, -0.2) is 5.01 Å². The third-order valence-corrected chi connectivity index (χ3v) is 2.05. The van der Waals surface area contributed by atoms with E-state index in [1.807, 2.05) is 0 Å². The van der Waals surface area contributed by atoms with Crippen molar-refractivity contribution in [3.05, 3.63) is 0 Å². The fraction of sp³-hybridized carbons (Fsp3) is 1.00. The molecule has 0 atom stereocenters. The second-order valence-electron chi connectivity index (χ2n) is 3.69. The fourth-order valence-corrected chi connectivity index (χ4v) is 1.56. The van der Waals surface area contributed by atoms with Gasteiger partial charge in [0.25, 0.3) is 0 Å². The molecule has 2 nitrogen and oxygen atoms in total. The van der Waals surface area contributed by atoms with Crippen LogP contribution >= 0.6 is 0 Å². The quantitative estimate of drug-likeness (QED) is 0.655. The van der Waals surface area contributed by atoms with E-state index in [4.69, 9.17) is 0 Å². The smallest absolute Gasteiger partial charge is 0.0158 e. The number of nitrogens with one attached hydrogen (secondary N) is 1. The van der Waals surface area contributed by atoms with Gasteiger partial charge in [-0.15, -0.1) is 0 Å². The van der Waals surface area contributed by atoms with Gasteiger partial charge in [-0.3, -0.25) is 5.43 Å². The largest absolute Gasteiger partial charge is 0.253 e. The molecule has 1 aliphatic heterocycles. The van der Waals surface area contributed by atoms with E-state index in [2.05, 4.69) is 24.3 Å². The van der Waals surface area contributed by atoms with E-state index in [9.17, 15) is 0 Å². The van der Waals surface area contributed by atoms with Gasteiger partial charge in [0.05, 0.1) is 0 Å². The highest BCUT2D eigenvalue weighted by Crippen LogP contribution is 2.07. The summed E-state index contributed by atoms with van der Waals surface area (Å²) >= 11 is 0. The molecule has 0 spiro atoms. The van der Waals surface area contributed by atoms with Gasteiger partial charge in [-0.2, -0.15) is 0 Å². The average Bonchev–Trinajstić information content (AvgIpc) is 2.14. The maximum Gasteiger partial charge on any atom is 0.0158 e. The molecule has 1 N–H and O–H groups in total. The molecule has 0 bridgehead atoms. The lowest BCUT2D eigenvalue weighted by Gasteiger charge is -2.23. The van der Waals surface area contributed by atoms with Crippen molar-refractivity contribution >= 4 is 0 Å². The SMILES string of the molecule is CC(C)NN1CCCCCC1. The molecule has 66 valence electrons. The average molecular weight is 156 g/mol. The second kappa shape index (κ2) is 4.73. The maximum atomic E-state index is 3.46. The molecule has 0 radical (unpaired) electrons. The van der Waals surface area contributed by atoms with Crippen LogP contribution < -0.4 is 5.43 Å². The van der Waals surface area contributed by atoms with Gasteiger partial charge in [-0.1, -0.05) is 12.8 Å².